The highest BCUT2D eigenvalue weighted by molar-refractivity contribution is 5.65. The molecule has 110 valence electrons. The molecule has 0 saturated carbocycles. The Morgan fingerprint density at radius 3 is 2.62 bits per heavy atom. The zero-order chi connectivity index (χ0) is 15.4. The van der Waals surface area contributed by atoms with Crippen LogP contribution in [-0.4, -0.2) is 26.2 Å². The maximum Gasteiger partial charge on any atom is 0.299 e. The minimum absolute atomic E-state index is 0.259. The second-order valence-electron chi connectivity index (χ2n) is 4.41. The van der Waals surface area contributed by atoms with Crippen molar-refractivity contribution in [3.63, 3.8) is 0 Å². The van der Waals surface area contributed by atoms with Crippen molar-refractivity contribution in [3.8, 4) is 0 Å². The molecule has 0 aliphatic carbocycles. The van der Waals surface area contributed by atoms with Crippen molar-refractivity contribution in [2.45, 2.75) is 6.42 Å². The number of nitro benzene ring substituents is 2. The molecule has 0 saturated heterocycles. The molecule has 0 spiro atoms. The van der Waals surface area contributed by atoms with Crippen LogP contribution in [-0.2, 0) is 13.5 Å². The number of non-ortho nitro benzene ring substituents is 1. The normalized spacial score (nSPS) is 10.3. The summed E-state index contributed by atoms with van der Waals surface area (Å²) in [5, 5.41) is 28.5. The van der Waals surface area contributed by atoms with Gasteiger partial charge in [0.25, 0.3) is 11.4 Å². The Morgan fingerprint density at radius 2 is 2.05 bits per heavy atom. The molecule has 1 heterocycles. The Balaban J connectivity index is 2.08. The van der Waals surface area contributed by atoms with E-state index in [1.165, 1.54) is 12.1 Å². The number of aryl methyl sites for hydroxylation is 1. The molecule has 0 fully saturated rings. The van der Waals surface area contributed by atoms with Gasteiger partial charge in [0.2, 0.25) is 0 Å². The quantitative estimate of drug-likeness (QED) is 0.641. The number of hydrogen-bond donors (Lipinski definition) is 1. The molecule has 0 unspecified atom stereocenters. The second kappa shape index (κ2) is 5.99. The Bertz CT molecular complexity index is 682. The third kappa shape index (κ3) is 3.53. The first-order valence-corrected chi connectivity index (χ1v) is 6.11. The SMILES string of the molecule is Cn1cc(CCNc2ccc([N+](=O)[O-])cc2[N+](=O)[O-])cn1. The Morgan fingerprint density at radius 1 is 1.29 bits per heavy atom. The van der Waals surface area contributed by atoms with E-state index in [0.717, 1.165) is 11.6 Å². The average molecular weight is 291 g/mol. The fraction of sp³-hybridized carbons (Fsp3) is 0.250. The van der Waals surface area contributed by atoms with Crippen LogP contribution in [0.1, 0.15) is 5.56 Å². The standard InChI is InChI=1S/C12H13N5O4/c1-15-8-9(7-14-15)4-5-13-11-3-2-10(16(18)19)6-12(11)17(20)21/h2-3,6-8,13H,4-5H2,1H3. The molecule has 0 bridgehead atoms. The smallest absolute Gasteiger partial charge is 0.299 e. The van der Waals surface area contributed by atoms with E-state index in [0.29, 0.717) is 13.0 Å². The van der Waals surface area contributed by atoms with Crippen LogP contribution in [0, 0.1) is 20.2 Å². The number of nitrogens with one attached hydrogen (secondary N) is 1. The first-order valence-electron chi connectivity index (χ1n) is 6.11. The van der Waals surface area contributed by atoms with E-state index in [2.05, 4.69) is 10.4 Å². The van der Waals surface area contributed by atoms with Crippen molar-refractivity contribution in [2.24, 2.45) is 7.05 Å². The molecule has 0 amide bonds. The third-order valence-corrected chi connectivity index (χ3v) is 2.88. The largest absolute Gasteiger partial charge is 0.379 e. The molecule has 21 heavy (non-hydrogen) atoms. The molecule has 0 atom stereocenters. The number of rotatable bonds is 6. The van der Waals surface area contributed by atoms with Gasteiger partial charge >= 0.3 is 0 Å². The van der Waals surface area contributed by atoms with Crippen molar-refractivity contribution in [3.05, 3.63) is 56.4 Å². The highest BCUT2D eigenvalue weighted by Crippen LogP contribution is 2.28. The van der Waals surface area contributed by atoms with Gasteiger partial charge in [0, 0.05) is 25.9 Å². The van der Waals surface area contributed by atoms with Crippen LogP contribution >= 0.6 is 0 Å². The number of aromatic nitrogens is 2. The van der Waals surface area contributed by atoms with Gasteiger partial charge in [-0.3, -0.25) is 24.9 Å². The number of anilines is 1. The van der Waals surface area contributed by atoms with Gasteiger partial charge in [-0.15, -0.1) is 0 Å². The Hall–Kier alpha value is -2.97. The minimum Gasteiger partial charge on any atom is -0.379 e. The van der Waals surface area contributed by atoms with E-state index in [-0.39, 0.29) is 17.1 Å². The van der Waals surface area contributed by atoms with Gasteiger partial charge in [-0.1, -0.05) is 0 Å². The maximum absolute atomic E-state index is 11.0. The van der Waals surface area contributed by atoms with Crippen LogP contribution in [0.5, 0.6) is 0 Å². The lowest BCUT2D eigenvalue weighted by molar-refractivity contribution is -0.393. The van der Waals surface area contributed by atoms with Crippen LogP contribution in [0.15, 0.2) is 30.6 Å². The molecule has 9 heteroatoms. The molecule has 0 radical (unpaired) electrons. The molecule has 2 aromatic rings. The van der Waals surface area contributed by atoms with Crippen molar-refractivity contribution in [1.29, 1.82) is 0 Å². The first-order chi connectivity index (χ1) is 9.97. The number of nitro groups is 2. The topological polar surface area (TPSA) is 116 Å². The summed E-state index contributed by atoms with van der Waals surface area (Å²) in [7, 11) is 1.80. The molecule has 1 aromatic carbocycles. The summed E-state index contributed by atoms with van der Waals surface area (Å²) in [6, 6.07) is 3.53. The van der Waals surface area contributed by atoms with Crippen molar-refractivity contribution < 1.29 is 9.85 Å². The summed E-state index contributed by atoms with van der Waals surface area (Å²) in [4.78, 5) is 20.3. The summed E-state index contributed by atoms with van der Waals surface area (Å²) >= 11 is 0. The van der Waals surface area contributed by atoms with Crippen LogP contribution < -0.4 is 5.32 Å². The lowest BCUT2D eigenvalue weighted by Crippen LogP contribution is -2.07. The molecule has 9 nitrogen and oxygen atoms in total. The first kappa shape index (κ1) is 14.4. The monoisotopic (exact) mass is 291 g/mol. The molecular weight excluding hydrogens is 278 g/mol. The third-order valence-electron chi connectivity index (χ3n) is 2.88. The van der Waals surface area contributed by atoms with Gasteiger partial charge in [-0.2, -0.15) is 5.10 Å². The van der Waals surface area contributed by atoms with E-state index in [4.69, 9.17) is 0 Å². The fourth-order valence-corrected chi connectivity index (χ4v) is 1.88. The molecule has 0 aliphatic rings. The van der Waals surface area contributed by atoms with Gasteiger partial charge in [0.15, 0.2) is 0 Å². The average Bonchev–Trinajstić information content (AvgIpc) is 2.84. The predicted molar refractivity (Wildman–Crippen MR) is 75.2 cm³/mol. The van der Waals surface area contributed by atoms with Crippen molar-refractivity contribution in [2.75, 3.05) is 11.9 Å². The highest BCUT2D eigenvalue weighted by atomic mass is 16.6. The van der Waals surface area contributed by atoms with Crippen LogP contribution in [0.4, 0.5) is 17.1 Å². The molecule has 2 rings (SSSR count). The van der Waals surface area contributed by atoms with Crippen LogP contribution in [0.2, 0.25) is 0 Å². The summed E-state index contributed by atoms with van der Waals surface area (Å²) in [5.41, 5.74) is 0.638. The van der Waals surface area contributed by atoms with Gasteiger partial charge < -0.3 is 5.32 Å². The minimum atomic E-state index is -0.660. The van der Waals surface area contributed by atoms with Crippen LogP contribution in [0.3, 0.4) is 0 Å². The predicted octanol–water partition coefficient (Wildman–Crippen LogP) is 1.89. The van der Waals surface area contributed by atoms with Gasteiger partial charge in [-0.05, 0) is 18.1 Å². The Labute approximate surface area is 119 Å². The second-order valence-corrected chi connectivity index (χ2v) is 4.41. The zero-order valence-corrected chi connectivity index (χ0v) is 11.2. The van der Waals surface area contributed by atoms with Gasteiger partial charge in [-0.25, -0.2) is 0 Å². The summed E-state index contributed by atoms with van der Waals surface area (Å²) < 4.78 is 1.67. The van der Waals surface area contributed by atoms with E-state index >= 15 is 0 Å². The van der Waals surface area contributed by atoms with Crippen molar-refractivity contribution >= 4 is 17.1 Å². The number of benzene rings is 1. The number of hydrogen-bond acceptors (Lipinski definition) is 6. The summed E-state index contributed by atoms with van der Waals surface area (Å²) in [6.07, 6.45) is 4.21. The summed E-state index contributed by atoms with van der Waals surface area (Å²) in [5.74, 6) is 0. The van der Waals surface area contributed by atoms with Crippen molar-refractivity contribution in [1.82, 2.24) is 9.78 Å². The lowest BCUT2D eigenvalue weighted by Gasteiger charge is -2.06. The van der Waals surface area contributed by atoms with Crippen LogP contribution in [0.25, 0.3) is 0 Å². The maximum atomic E-state index is 11.0. The highest BCUT2D eigenvalue weighted by Gasteiger charge is 2.18. The Kier molecular flexibility index (Phi) is 4.12. The molecular formula is C12H13N5O4. The van der Waals surface area contributed by atoms with Gasteiger partial charge in [0.05, 0.1) is 22.1 Å². The lowest BCUT2D eigenvalue weighted by atomic mass is 10.2. The van der Waals surface area contributed by atoms with E-state index in [1.807, 2.05) is 6.20 Å². The zero-order valence-electron chi connectivity index (χ0n) is 11.2. The molecule has 0 aliphatic heterocycles. The summed E-state index contributed by atoms with van der Waals surface area (Å²) in [6.45, 7) is 0.463. The number of nitrogens with zero attached hydrogens (tertiary/aromatic N) is 4. The fourth-order valence-electron chi connectivity index (χ4n) is 1.88. The van der Waals surface area contributed by atoms with E-state index in [1.54, 1.807) is 17.9 Å². The van der Waals surface area contributed by atoms with E-state index < -0.39 is 9.85 Å². The molecule has 1 N–H and O–H groups in total. The molecule has 1 aromatic heterocycles. The van der Waals surface area contributed by atoms with Gasteiger partial charge in [0.1, 0.15) is 5.69 Å². The van der Waals surface area contributed by atoms with E-state index in [9.17, 15) is 20.2 Å².